The van der Waals surface area contributed by atoms with Crippen LogP contribution in [0.1, 0.15) is 43.4 Å². The Morgan fingerprint density at radius 1 is 1.17 bits per heavy atom. The molecule has 1 fully saturated rings. The molecule has 0 aliphatic heterocycles. The largest absolute Gasteiger partial charge is 0.367 e. The Labute approximate surface area is 113 Å². The topological polar surface area (TPSA) is 37.8 Å². The fraction of sp³-hybridized carbons (Fsp3) is 0.714. The van der Waals surface area contributed by atoms with Crippen molar-refractivity contribution in [3.8, 4) is 0 Å². The summed E-state index contributed by atoms with van der Waals surface area (Å²) in [7, 11) is 0. The maximum atomic E-state index is 6.04. The summed E-state index contributed by atoms with van der Waals surface area (Å²) in [6.45, 7) is 0. The van der Waals surface area contributed by atoms with E-state index in [1.807, 2.05) is 0 Å². The molecule has 3 nitrogen and oxygen atoms in total. The lowest BCUT2D eigenvalue weighted by atomic mass is 9.96. The second-order valence-electron chi connectivity index (χ2n) is 5.45. The van der Waals surface area contributed by atoms with Crippen LogP contribution in [0.2, 0.25) is 0 Å². The molecule has 1 N–H and O–H groups in total. The summed E-state index contributed by atoms with van der Waals surface area (Å²) in [6, 6.07) is 0.503. The van der Waals surface area contributed by atoms with Crippen LogP contribution in [-0.2, 0) is 12.8 Å². The number of hydrogen-bond donors (Lipinski definition) is 1. The van der Waals surface area contributed by atoms with E-state index in [9.17, 15) is 0 Å². The van der Waals surface area contributed by atoms with Gasteiger partial charge in [0.15, 0.2) is 0 Å². The van der Waals surface area contributed by atoms with Crippen LogP contribution in [0.25, 0.3) is 0 Å². The lowest BCUT2D eigenvalue weighted by molar-refractivity contribution is 0.558. The maximum absolute atomic E-state index is 6.04. The minimum absolute atomic E-state index is 0.503. The van der Waals surface area contributed by atoms with Crippen molar-refractivity contribution < 1.29 is 0 Å². The molecule has 1 heterocycles. The third-order valence-electron chi connectivity index (χ3n) is 4.30. The summed E-state index contributed by atoms with van der Waals surface area (Å²) in [5.74, 6) is 2.42. The Morgan fingerprint density at radius 2 is 2.06 bits per heavy atom. The van der Waals surface area contributed by atoms with Gasteiger partial charge in [0, 0.05) is 23.2 Å². The Morgan fingerprint density at radius 3 is 2.94 bits per heavy atom. The van der Waals surface area contributed by atoms with Gasteiger partial charge in [0.1, 0.15) is 12.1 Å². The predicted octanol–water partition coefficient (Wildman–Crippen LogP) is 3.17. The number of aryl methyl sites for hydroxylation is 1. The van der Waals surface area contributed by atoms with Gasteiger partial charge in [-0.1, -0.05) is 6.42 Å². The molecule has 2 unspecified atom stereocenters. The minimum atomic E-state index is 0.503. The first-order valence-electron chi connectivity index (χ1n) is 7.03. The fourth-order valence-electron chi connectivity index (χ4n) is 3.23. The molecule has 2 atom stereocenters. The molecule has 1 aromatic rings. The van der Waals surface area contributed by atoms with Gasteiger partial charge in [-0.05, 0) is 44.4 Å². The quantitative estimate of drug-likeness (QED) is 0.853. The van der Waals surface area contributed by atoms with Crippen LogP contribution < -0.4 is 5.32 Å². The molecule has 4 heteroatoms. The van der Waals surface area contributed by atoms with Crippen LogP contribution in [0.15, 0.2) is 6.33 Å². The zero-order valence-corrected chi connectivity index (χ0v) is 11.4. The van der Waals surface area contributed by atoms with E-state index in [4.69, 9.17) is 11.6 Å². The molecule has 0 aromatic carbocycles. The number of anilines is 1. The van der Waals surface area contributed by atoms with Crippen molar-refractivity contribution in [3.05, 3.63) is 17.6 Å². The second-order valence-corrected chi connectivity index (χ2v) is 5.76. The molecular weight excluding hydrogens is 246 g/mol. The third-order valence-corrected chi connectivity index (χ3v) is 4.70. The highest BCUT2D eigenvalue weighted by Crippen LogP contribution is 2.31. The standard InChI is InChI=1S/C14H20ClN3/c15-8-10-4-3-7-12(10)18-14-11-5-1-2-6-13(11)16-9-17-14/h9-10,12H,1-8H2,(H,16,17,18). The van der Waals surface area contributed by atoms with E-state index in [0.29, 0.717) is 12.0 Å². The maximum Gasteiger partial charge on any atom is 0.133 e. The molecule has 2 aliphatic rings. The molecule has 0 bridgehead atoms. The summed E-state index contributed by atoms with van der Waals surface area (Å²) in [4.78, 5) is 8.88. The SMILES string of the molecule is ClCC1CCCC1Nc1ncnc2c1CCCC2. The summed E-state index contributed by atoms with van der Waals surface area (Å²) >= 11 is 6.04. The van der Waals surface area contributed by atoms with Crippen molar-refractivity contribution in [2.24, 2.45) is 5.92 Å². The lowest BCUT2D eigenvalue weighted by Gasteiger charge is -2.23. The Bertz CT molecular complexity index is 422. The minimum Gasteiger partial charge on any atom is -0.367 e. The van der Waals surface area contributed by atoms with Crippen LogP contribution >= 0.6 is 11.6 Å². The number of rotatable bonds is 3. The van der Waals surface area contributed by atoms with Gasteiger partial charge in [-0.25, -0.2) is 9.97 Å². The molecule has 0 amide bonds. The zero-order valence-electron chi connectivity index (χ0n) is 10.7. The normalized spacial score (nSPS) is 26.9. The number of hydrogen-bond acceptors (Lipinski definition) is 3. The lowest BCUT2D eigenvalue weighted by Crippen LogP contribution is -2.27. The molecule has 1 aromatic heterocycles. The van der Waals surface area contributed by atoms with Gasteiger partial charge in [0.05, 0.1) is 0 Å². The highest BCUT2D eigenvalue weighted by Gasteiger charge is 2.27. The first-order valence-corrected chi connectivity index (χ1v) is 7.57. The van der Waals surface area contributed by atoms with Gasteiger partial charge in [0.2, 0.25) is 0 Å². The van der Waals surface area contributed by atoms with Crippen LogP contribution in [0.5, 0.6) is 0 Å². The first-order chi connectivity index (χ1) is 8.88. The molecule has 18 heavy (non-hydrogen) atoms. The van der Waals surface area contributed by atoms with Gasteiger partial charge < -0.3 is 5.32 Å². The number of alkyl halides is 1. The molecule has 1 saturated carbocycles. The molecule has 98 valence electrons. The van der Waals surface area contributed by atoms with Crippen LogP contribution in [0.3, 0.4) is 0 Å². The smallest absolute Gasteiger partial charge is 0.133 e. The van der Waals surface area contributed by atoms with Crippen molar-refractivity contribution in [2.75, 3.05) is 11.2 Å². The summed E-state index contributed by atoms with van der Waals surface area (Å²) < 4.78 is 0. The summed E-state index contributed by atoms with van der Waals surface area (Å²) in [5.41, 5.74) is 2.60. The van der Waals surface area contributed by atoms with E-state index < -0.39 is 0 Å². The summed E-state index contributed by atoms with van der Waals surface area (Å²) in [6.07, 6.45) is 10.2. The fourth-order valence-corrected chi connectivity index (χ4v) is 3.60. The van der Waals surface area contributed by atoms with E-state index in [-0.39, 0.29) is 0 Å². The van der Waals surface area contributed by atoms with E-state index in [2.05, 4.69) is 15.3 Å². The molecule has 0 radical (unpaired) electrons. The number of aromatic nitrogens is 2. The van der Waals surface area contributed by atoms with Crippen molar-refractivity contribution >= 4 is 17.4 Å². The van der Waals surface area contributed by atoms with Crippen molar-refractivity contribution in [3.63, 3.8) is 0 Å². The highest BCUT2D eigenvalue weighted by atomic mass is 35.5. The van der Waals surface area contributed by atoms with Gasteiger partial charge >= 0.3 is 0 Å². The van der Waals surface area contributed by atoms with Crippen molar-refractivity contribution in [2.45, 2.75) is 51.0 Å². The van der Waals surface area contributed by atoms with Crippen LogP contribution in [-0.4, -0.2) is 21.9 Å². The Hall–Kier alpha value is -0.830. The molecule has 2 aliphatic carbocycles. The zero-order chi connectivity index (χ0) is 12.4. The van der Waals surface area contributed by atoms with E-state index in [1.165, 1.54) is 43.4 Å². The Kier molecular flexibility index (Phi) is 3.69. The number of nitrogens with one attached hydrogen (secondary N) is 1. The van der Waals surface area contributed by atoms with Gasteiger partial charge in [-0.2, -0.15) is 0 Å². The Balaban J connectivity index is 1.80. The molecular formula is C14H20ClN3. The van der Waals surface area contributed by atoms with E-state index >= 15 is 0 Å². The third kappa shape index (κ3) is 2.33. The number of nitrogens with zero attached hydrogens (tertiary/aromatic N) is 2. The van der Waals surface area contributed by atoms with Gasteiger partial charge in [0.25, 0.3) is 0 Å². The molecule has 0 saturated heterocycles. The number of fused-ring (bicyclic) bond motifs is 1. The van der Waals surface area contributed by atoms with Gasteiger partial charge in [-0.3, -0.25) is 0 Å². The number of halogens is 1. The first kappa shape index (κ1) is 12.2. The van der Waals surface area contributed by atoms with Crippen molar-refractivity contribution in [1.82, 2.24) is 9.97 Å². The second kappa shape index (κ2) is 5.43. The van der Waals surface area contributed by atoms with E-state index in [1.54, 1.807) is 6.33 Å². The monoisotopic (exact) mass is 265 g/mol. The average Bonchev–Trinajstić information content (AvgIpc) is 2.86. The molecule has 3 rings (SSSR count). The van der Waals surface area contributed by atoms with Gasteiger partial charge in [-0.15, -0.1) is 11.6 Å². The highest BCUT2D eigenvalue weighted by molar-refractivity contribution is 6.18. The average molecular weight is 266 g/mol. The summed E-state index contributed by atoms with van der Waals surface area (Å²) in [5, 5.41) is 3.63. The van der Waals surface area contributed by atoms with Crippen LogP contribution in [0.4, 0.5) is 5.82 Å². The molecule has 0 spiro atoms. The predicted molar refractivity (Wildman–Crippen MR) is 74.1 cm³/mol. The van der Waals surface area contributed by atoms with Crippen LogP contribution in [0, 0.1) is 5.92 Å². The van der Waals surface area contributed by atoms with Crippen molar-refractivity contribution in [1.29, 1.82) is 0 Å². The van der Waals surface area contributed by atoms with E-state index in [0.717, 1.165) is 24.5 Å².